The van der Waals surface area contributed by atoms with Crippen LogP contribution in [0.15, 0.2) is 24.3 Å². The lowest BCUT2D eigenvalue weighted by Crippen LogP contribution is -2.41. The van der Waals surface area contributed by atoms with Crippen molar-refractivity contribution in [3.05, 3.63) is 35.4 Å². The molecule has 0 aromatic heterocycles. The molecule has 0 spiro atoms. The van der Waals surface area contributed by atoms with Gasteiger partial charge in [0.15, 0.2) is 0 Å². The van der Waals surface area contributed by atoms with Crippen molar-refractivity contribution in [2.45, 2.75) is 38.9 Å². The quantitative estimate of drug-likeness (QED) is 0.703. The van der Waals surface area contributed by atoms with Crippen LogP contribution in [0, 0.1) is 0 Å². The van der Waals surface area contributed by atoms with Gasteiger partial charge in [-0.2, -0.15) is 13.2 Å². The highest BCUT2D eigenvalue weighted by Crippen LogP contribution is 2.29. The standard InChI is InChI=1S/C15H19ClF3NO/c1-3-13(4-2)20(10-9-16)14(21)11-5-7-12(8-6-11)15(17,18)19/h5-8,13H,3-4,9-10H2,1-2H3. The summed E-state index contributed by atoms with van der Waals surface area (Å²) in [6.45, 7) is 4.32. The number of amides is 1. The van der Waals surface area contributed by atoms with Crippen LogP contribution in [0.1, 0.15) is 42.6 Å². The Morgan fingerprint density at radius 3 is 2.10 bits per heavy atom. The number of hydrogen-bond donors (Lipinski definition) is 0. The Morgan fingerprint density at radius 2 is 1.71 bits per heavy atom. The number of rotatable bonds is 6. The molecule has 118 valence electrons. The first-order valence-electron chi connectivity index (χ1n) is 6.89. The van der Waals surface area contributed by atoms with Crippen LogP contribution < -0.4 is 0 Å². The van der Waals surface area contributed by atoms with E-state index in [2.05, 4.69) is 0 Å². The summed E-state index contributed by atoms with van der Waals surface area (Å²) in [5.41, 5.74) is -0.509. The number of nitrogens with zero attached hydrogens (tertiary/aromatic N) is 1. The topological polar surface area (TPSA) is 20.3 Å². The van der Waals surface area contributed by atoms with Gasteiger partial charge in [-0.3, -0.25) is 4.79 Å². The number of carbonyl (C=O) groups is 1. The van der Waals surface area contributed by atoms with E-state index in [9.17, 15) is 18.0 Å². The molecule has 0 N–H and O–H groups in total. The summed E-state index contributed by atoms with van der Waals surface area (Å²) in [6, 6.07) is 4.33. The van der Waals surface area contributed by atoms with Gasteiger partial charge in [0, 0.05) is 24.0 Å². The molecule has 21 heavy (non-hydrogen) atoms. The fraction of sp³-hybridized carbons (Fsp3) is 0.533. The summed E-state index contributed by atoms with van der Waals surface area (Å²) in [4.78, 5) is 14.1. The van der Waals surface area contributed by atoms with E-state index in [4.69, 9.17) is 11.6 Å². The van der Waals surface area contributed by atoms with Crippen molar-refractivity contribution >= 4 is 17.5 Å². The molecule has 0 aliphatic heterocycles. The summed E-state index contributed by atoms with van der Waals surface area (Å²) in [5.74, 6) is 0.0150. The maximum absolute atomic E-state index is 12.5. The number of alkyl halides is 4. The molecule has 0 saturated heterocycles. The van der Waals surface area contributed by atoms with Crippen LogP contribution in [-0.4, -0.2) is 29.3 Å². The fourth-order valence-corrected chi connectivity index (χ4v) is 2.42. The Labute approximate surface area is 127 Å². The molecule has 2 nitrogen and oxygen atoms in total. The smallest absolute Gasteiger partial charge is 0.334 e. The zero-order valence-corrected chi connectivity index (χ0v) is 12.8. The molecular formula is C15H19ClF3NO. The van der Waals surface area contributed by atoms with Gasteiger partial charge >= 0.3 is 6.18 Å². The van der Waals surface area contributed by atoms with Gasteiger partial charge in [-0.15, -0.1) is 11.6 Å². The Balaban J connectivity index is 2.98. The van der Waals surface area contributed by atoms with Gasteiger partial charge < -0.3 is 4.90 Å². The number of carbonyl (C=O) groups excluding carboxylic acids is 1. The second-order valence-corrected chi connectivity index (χ2v) is 5.11. The molecular weight excluding hydrogens is 303 g/mol. The van der Waals surface area contributed by atoms with Crippen LogP contribution in [0.5, 0.6) is 0 Å². The van der Waals surface area contributed by atoms with Crippen LogP contribution in [0.25, 0.3) is 0 Å². The lowest BCUT2D eigenvalue weighted by Gasteiger charge is -2.30. The monoisotopic (exact) mass is 321 g/mol. The van der Waals surface area contributed by atoms with Crippen molar-refractivity contribution in [3.8, 4) is 0 Å². The molecule has 0 saturated carbocycles. The third kappa shape index (κ3) is 4.63. The molecule has 0 bridgehead atoms. The van der Waals surface area contributed by atoms with Gasteiger partial charge in [0.25, 0.3) is 5.91 Å². The first kappa shape index (κ1) is 17.8. The van der Waals surface area contributed by atoms with Gasteiger partial charge in [0.05, 0.1) is 5.56 Å². The molecule has 6 heteroatoms. The largest absolute Gasteiger partial charge is 0.416 e. The zero-order valence-electron chi connectivity index (χ0n) is 12.1. The Bertz CT molecular complexity index is 455. The molecule has 0 radical (unpaired) electrons. The van der Waals surface area contributed by atoms with E-state index in [1.54, 1.807) is 4.90 Å². The molecule has 1 rings (SSSR count). The first-order chi connectivity index (χ1) is 9.85. The predicted molar refractivity (Wildman–Crippen MR) is 77.6 cm³/mol. The second-order valence-electron chi connectivity index (χ2n) is 4.73. The molecule has 0 heterocycles. The van der Waals surface area contributed by atoms with Crippen LogP contribution in [-0.2, 0) is 6.18 Å². The zero-order chi connectivity index (χ0) is 16.0. The van der Waals surface area contributed by atoms with Gasteiger partial charge in [0.1, 0.15) is 0 Å². The number of benzene rings is 1. The molecule has 1 aromatic rings. The second kappa shape index (κ2) is 7.69. The van der Waals surface area contributed by atoms with Crippen molar-refractivity contribution in [2.75, 3.05) is 12.4 Å². The highest BCUT2D eigenvalue weighted by molar-refractivity contribution is 6.18. The molecule has 0 unspecified atom stereocenters. The van der Waals surface area contributed by atoms with E-state index < -0.39 is 11.7 Å². The highest BCUT2D eigenvalue weighted by atomic mass is 35.5. The first-order valence-corrected chi connectivity index (χ1v) is 7.42. The fourth-order valence-electron chi connectivity index (χ4n) is 2.24. The molecule has 0 atom stereocenters. The third-order valence-corrected chi connectivity index (χ3v) is 3.60. The Hall–Kier alpha value is -1.23. The summed E-state index contributed by atoms with van der Waals surface area (Å²) < 4.78 is 37.6. The van der Waals surface area contributed by atoms with Crippen molar-refractivity contribution in [3.63, 3.8) is 0 Å². The maximum atomic E-state index is 12.5. The van der Waals surface area contributed by atoms with Crippen molar-refractivity contribution in [1.29, 1.82) is 0 Å². The number of hydrogen-bond acceptors (Lipinski definition) is 1. The van der Waals surface area contributed by atoms with E-state index in [-0.39, 0.29) is 17.5 Å². The molecule has 0 aliphatic carbocycles. The number of halogens is 4. The molecule has 0 aliphatic rings. The van der Waals surface area contributed by atoms with E-state index in [0.717, 1.165) is 25.0 Å². The SMILES string of the molecule is CCC(CC)N(CCCl)C(=O)c1ccc(C(F)(F)F)cc1. The predicted octanol–water partition coefficient (Wildman–Crippen LogP) is 4.58. The minimum absolute atomic E-state index is 0.0403. The van der Waals surface area contributed by atoms with E-state index in [1.807, 2.05) is 13.8 Å². The lowest BCUT2D eigenvalue weighted by molar-refractivity contribution is -0.137. The molecule has 1 amide bonds. The molecule has 1 aromatic carbocycles. The van der Waals surface area contributed by atoms with Crippen molar-refractivity contribution < 1.29 is 18.0 Å². The maximum Gasteiger partial charge on any atom is 0.416 e. The average Bonchev–Trinajstić information content (AvgIpc) is 2.46. The van der Waals surface area contributed by atoms with Crippen LogP contribution in [0.3, 0.4) is 0 Å². The Morgan fingerprint density at radius 1 is 1.19 bits per heavy atom. The van der Waals surface area contributed by atoms with Crippen molar-refractivity contribution in [2.24, 2.45) is 0 Å². The minimum Gasteiger partial charge on any atom is -0.334 e. The average molecular weight is 322 g/mol. The van der Waals surface area contributed by atoms with Crippen molar-refractivity contribution in [1.82, 2.24) is 4.90 Å². The van der Waals surface area contributed by atoms with Gasteiger partial charge in [0.2, 0.25) is 0 Å². The highest BCUT2D eigenvalue weighted by Gasteiger charge is 2.30. The molecule has 0 fully saturated rings. The van der Waals surface area contributed by atoms with Gasteiger partial charge in [-0.05, 0) is 37.1 Å². The van der Waals surface area contributed by atoms with Crippen LogP contribution in [0.2, 0.25) is 0 Å². The third-order valence-electron chi connectivity index (χ3n) is 3.43. The Kier molecular flexibility index (Phi) is 6.52. The lowest BCUT2D eigenvalue weighted by atomic mass is 10.1. The minimum atomic E-state index is -4.40. The summed E-state index contributed by atoms with van der Waals surface area (Å²) in [7, 11) is 0. The van der Waals surface area contributed by atoms with E-state index in [0.29, 0.717) is 12.4 Å². The van der Waals surface area contributed by atoms with E-state index >= 15 is 0 Å². The van der Waals surface area contributed by atoms with E-state index in [1.165, 1.54) is 12.1 Å². The van der Waals surface area contributed by atoms with Crippen LogP contribution >= 0.6 is 11.6 Å². The van der Waals surface area contributed by atoms with Gasteiger partial charge in [-0.25, -0.2) is 0 Å². The summed E-state index contributed by atoms with van der Waals surface area (Å²) in [5, 5.41) is 0. The van der Waals surface area contributed by atoms with Crippen LogP contribution in [0.4, 0.5) is 13.2 Å². The summed E-state index contributed by atoms with van der Waals surface area (Å²) in [6.07, 6.45) is -2.84. The van der Waals surface area contributed by atoms with Gasteiger partial charge in [-0.1, -0.05) is 13.8 Å². The normalized spacial score (nSPS) is 11.8. The summed E-state index contributed by atoms with van der Waals surface area (Å²) >= 11 is 5.73.